The summed E-state index contributed by atoms with van der Waals surface area (Å²) in [6.07, 6.45) is 2.89. The van der Waals surface area contributed by atoms with E-state index >= 15 is 0 Å². The largest absolute Gasteiger partial charge is 0.378 e. The van der Waals surface area contributed by atoms with E-state index in [1.54, 1.807) is 0 Å². The maximum absolute atomic E-state index is 11.5. The normalized spacial score (nSPS) is 11.0. The summed E-state index contributed by atoms with van der Waals surface area (Å²) in [5.74, 6) is -0.505. The van der Waals surface area contributed by atoms with Crippen LogP contribution < -0.4 is 11.1 Å². The second-order valence-corrected chi connectivity index (χ2v) is 5.95. The van der Waals surface area contributed by atoms with E-state index in [0.29, 0.717) is 12.2 Å². The van der Waals surface area contributed by atoms with Gasteiger partial charge in [-0.3, -0.25) is 4.79 Å². The fourth-order valence-electron chi connectivity index (χ4n) is 3.09. The molecular weight excluding hydrogens is 300 g/mol. The molecule has 5 heteroatoms. The van der Waals surface area contributed by atoms with Crippen LogP contribution in [0.15, 0.2) is 36.5 Å². The lowest BCUT2D eigenvalue weighted by atomic mass is 10.00. The molecule has 3 rings (SSSR count). The van der Waals surface area contributed by atoms with Crippen LogP contribution in [0.2, 0.25) is 0 Å². The standard InChI is InChI=1S/C19H22N4O/c1-4-14-8-5-7-12(2)15(14)11-21-16-9-6-10-23-13(3)17(18(20)24)22-19(16)23/h5-10,21H,4,11H2,1-3H3,(H2,20,24). The number of nitrogens with zero attached hydrogens (tertiary/aromatic N) is 2. The number of nitrogens with two attached hydrogens (primary N) is 1. The topological polar surface area (TPSA) is 72.4 Å². The summed E-state index contributed by atoms with van der Waals surface area (Å²) in [5, 5.41) is 3.46. The van der Waals surface area contributed by atoms with Gasteiger partial charge in [-0.25, -0.2) is 4.98 Å². The number of aryl methyl sites for hydroxylation is 3. The van der Waals surface area contributed by atoms with Gasteiger partial charge in [-0.2, -0.15) is 0 Å². The molecule has 0 saturated carbocycles. The number of carbonyl (C=O) groups is 1. The SMILES string of the molecule is CCc1cccc(C)c1CNc1cccn2c(C)c(C(N)=O)nc12. The number of hydrogen-bond donors (Lipinski definition) is 2. The van der Waals surface area contributed by atoms with Crippen LogP contribution in [-0.2, 0) is 13.0 Å². The van der Waals surface area contributed by atoms with Gasteiger partial charge in [-0.05, 0) is 49.1 Å². The van der Waals surface area contributed by atoms with E-state index in [-0.39, 0.29) is 0 Å². The summed E-state index contributed by atoms with van der Waals surface area (Å²) < 4.78 is 1.89. The summed E-state index contributed by atoms with van der Waals surface area (Å²) in [6, 6.07) is 10.3. The highest BCUT2D eigenvalue weighted by molar-refractivity contribution is 5.93. The van der Waals surface area contributed by atoms with Crippen LogP contribution in [0.5, 0.6) is 0 Å². The zero-order valence-electron chi connectivity index (χ0n) is 14.3. The van der Waals surface area contributed by atoms with Crippen LogP contribution >= 0.6 is 0 Å². The van der Waals surface area contributed by atoms with E-state index < -0.39 is 5.91 Å². The second-order valence-electron chi connectivity index (χ2n) is 5.95. The molecule has 124 valence electrons. The third-order valence-electron chi connectivity index (χ3n) is 4.47. The fourth-order valence-corrected chi connectivity index (χ4v) is 3.09. The van der Waals surface area contributed by atoms with Gasteiger partial charge in [-0.1, -0.05) is 25.1 Å². The van der Waals surface area contributed by atoms with Crippen LogP contribution in [0.1, 0.15) is 39.8 Å². The third-order valence-corrected chi connectivity index (χ3v) is 4.47. The van der Waals surface area contributed by atoms with Crippen LogP contribution in [-0.4, -0.2) is 15.3 Å². The van der Waals surface area contributed by atoms with Crippen molar-refractivity contribution in [2.24, 2.45) is 5.73 Å². The number of benzene rings is 1. The number of aromatic nitrogens is 2. The summed E-state index contributed by atoms with van der Waals surface area (Å²) in [7, 11) is 0. The van der Waals surface area contributed by atoms with Crippen molar-refractivity contribution in [2.75, 3.05) is 5.32 Å². The van der Waals surface area contributed by atoms with Crippen molar-refractivity contribution >= 4 is 17.2 Å². The molecular formula is C19H22N4O. The number of imidazole rings is 1. The number of pyridine rings is 1. The van der Waals surface area contributed by atoms with E-state index in [2.05, 4.69) is 42.3 Å². The highest BCUT2D eigenvalue weighted by Gasteiger charge is 2.15. The average Bonchev–Trinajstić information content (AvgIpc) is 2.91. The minimum Gasteiger partial charge on any atom is -0.378 e. The number of nitrogens with one attached hydrogen (secondary N) is 1. The molecule has 0 aliphatic carbocycles. The van der Waals surface area contributed by atoms with Crippen molar-refractivity contribution in [2.45, 2.75) is 33.7 Å². The number of amides is 1. The predicted molar refractivity (Wildman–Crippen MR) is 96.3 cm³/mol. The Morgan fingerprint density at radius 2 is 2.04 bits per heavy atom. The Balaban J connectivity index is 1.97. The Labute approximate surface area is 141 Å². The molecule has 3 aromatic rings. The van der Waals surface area contributed by atoms with E-state index in [9.17, 15) is 4.79 Å². The summed E-state index contributed by atoms with van der Waals surface area (Å²) in [4.78, 5) is 16.0. The van der Waals surface area contributed by atoms with Crippen molar-refractivity contribution in [3.63, 3.8) is 0 Å². The van der Waals surface area contributed by atoms with Gasteiger partial charge < -0.3 is 15.5 Å². The number of hydrogen-bond acceptors (Lipinski definition) is 3. The van der Waals surface area contributed by atoms with Crippen LogP contribution in [0.4, 0.5) is 5.69 Å². The molecule has 0 saturated heterocycles. The smallest absolute Gasteiger partial charge is 0.269 e. The highest BCUT2D eigenvalue weighted by atomic mass is 16.1. The maximum atomic E-state index is 11.5. The Kier molecular flexibility index (Phi) is 4.25. The summed E-state index contributed by atoms with van der Waals surface area (Å²) in [5.41, 5.74) is 12.0. The summed E-state index contributed by atoms with van der Waals surface area (Å²) in [6.45, 7) is 6.85. The Bertz CT molecular complexity index is 911. The van der Waals surface area contributed by atoms with Gasteiger partial charge in [0.15, 0.2) is 5.65 Å². The minimum atomic E-state index is -0.505. The van der Waals surface area contributed by atoms with Gasteiger partial charge >= 0.3 is 0 Å². The van der Waals surface area contributed by atoms with E-state index in [1.165, 1.54) is 16.7 Å². The monoisotopic (exact) mass is 322 g/mol. The van der Waals surface area contributed by atoms with Crippen molar-refractivity contribution < 1.29 is 4.79 Å². The summed E-state index contributed by atoms with van der Waals surface area (Å²) >= 11 is 0. The Hall–Kier alpha value is -2.82. The Morgan fingerprint density at radius 3 is 2.75 bits per heavy atom. The molecule has 2 aromatic heterocycles. The minimum absolute atomic E-state index is 0.314. The maximum Gasteiger partial charge on any atom is 0.269 e. The van der Waals surface area contributed by atoms with Gasteiger partial charge in [0.05, 0.1) is 11.4 Å². The molecule has 0 bridgehead atoms. The molecule has 0 radical (unpaired) electrons. The molecule has 0 aliphatic rings. The molecule has 0 spiro atoms. The molecule has 0 atom stereocenters. The number of fused-ring (bicyclic) bond motifs is 1. The van der Waals surface area contributed by atoms with Crippen LogP contribution in [0.3, 0.4) is 0 Å². The second kappa shape index (κ2) is 6.35. The fraction of sp³-hybridized carbons (Fsp3) is 0.263. The molecule has 2 heterocycles. The molecule has 0 unspecified atom stereocenters. The zero-order valence-corrected chi connectivity index (χ0v) is 14.3. The van der Waals surface area contributed by atoms with Crippen molar-refractivity contribution in [3.05, 3.63) is 64.6 Å². The predicted octanol–water partition coefficient (Wildman–Crippen LogP) is 3.22. The third kappa shape index (κ3) is 2.73. The lowest BCUT2D eigenvalue weighted by Crippen LogP contribution is -2.12. The van der Waals surface area contributed by atoms with Gasteiger partial charge in [0.1, 0.15) is 5.69 Å². The first-order valence-electron chi connectivity index (χ1n) is 8.11. The average molecular weight is 322 g/mol. The molecule has 1 aromatic carbocycles. The van der Waals surface area contributed by atoms with E-state index in [4.69, 9.17) is 5.73 Å². The van der Waals surface area contributed by atoms with Crippen LogP contribution in [0, 0.1) is 13.8 Å². The number of anilines is 1. The number of rotatable bonds is 5. The van der Waals surface area contributed by atoms with E-state index in [0.717, 1.165) is 23.4 Å². The molecule has 0 fully saturated rings. The Morgan fingerprint density at radius 1 is 1.25 bits per heavy atom. The molecule has 3 N–H and O–H groups in total. The number of carbonyl (C=O) groups excluding carboxylic acids is 1. The first-order valence-corrected chi connectivity index (χ1v) is 8.11. The van der Waals surface area contributed by atoms with Gasteiger partial charge in [0.25, 0.3) is 5.91 Å². The van der Waals surface area contributed by atoms with E-state index in [1.807, 2.05) is 29.7 Å². The first kappa shape index (κ1) is 16.1. The molecule has 5 nitrogen and oxygen atoms in total. The van der Waals surface area contributed by atoms with Crippen molar-refractivity contribution in [1.29, 1.82) is 0 Å². The number of primary amides is 1. The molecule has 24 heavy (non-hydrogen) atoms. The lowest BCUT2D eigenvalue weighted by molar-refractivity contribution is 0.0995. The van der Waals surface area contributed by atoms with Gasteiger partial charge in [-0.15, -0.1) is 0 Å². The van der Waals surface area contributed by atoms with Crippen LogP contribution in [0.25, 0.3) is 5.65 Å². The van der Waals surface area contributed by atoms with Crippen molar-refractivity contribution in [3.8, 4) is 0 Å². The molecule has 1 amide bonds. The van der Waals surface area contributed by atoms with Gasteiger partial charge in [0.2, 0.25) is 0 Å². The highest BCUT2D eigenvalue weighted by Crippen LogP contribution is 2.22. The zero-order chi connectivity index (χ0) is 17.3. The van der Waals surface area contributed by atoms with Crippen molar-refractivity contribution in [1.82, 2.24) is 9.38 Å². The first-order chi connectivity index (χ1) is 11.5. The molecule has 0 aliphatic heterocycles. The van der Waals surface area contributed by atoms with Gasteiger partial charge in [0, 0.05) is 12.7 Å². The lowest BCUT2D eigenvalue weighted by Gasteiger charge is -2.14. The quantitative estimate of drug-likeness (QED) is 0.757.